The number of aromatic nitrogens is 1. The van der Waals surface area contributed by atoms with Crippen molar-refractivity contribution in [3.05, 3.63) is 54.2 Å². The third kappa shape index (κ3) is 2.93. The van der Waals surface area contributed by atoms with Crippen LogP contribution in [0, 0.1) is 0 Å². The lowest BCUT2D eigenvalue weighted by molar-refractivity contribution is 0.248. The molecule has 0 bridgehead atoms. The third-order valence-electron chi connectivity index (χ3n) is 3.17. The summed E-state index contributed by atoms with van der Waals surface area (Å²) in [7, 11) is 0. The standard InChI is InChI=1S/C15H15N3OS/c19-15(18-14-7-3-4-9-16-14)17-12-8-10-20-13-6-2-1-5-11(12)13/h1-7,9,12H,8,10H2,(H2,16,17,18,19)/t12-/m0/s1. The Hall–Kier alpha value is -2.01. The van der Waals surface area contributed by atoms with Crippen molar-refractivity contribution in [2.75, 3.05) is 11.1 Å². The Morgan fingerprint density at radius 1 is 1.20 bits per heavy atom. The molecule has 1 aliphatic heterocycles. The molecule has 1 aromatic heterocycles. The van der Waals surface area contributed by atoms with Gasteiger partial charge in [-0.15, -0.1) is 11.8 Å². The number of hydrogen-bond acceptors (Lipinski definition) is 3. The molecule has 3 rings (SSSR count). The van der Waals surface area contributed by atoms with E-state index in [0.29, 0.717) is 5.82 Å². The fourth-order valence-corrected chi connectivity index (χ4v) is 3.36. The van der Waals surface area contributed by atoms with Crippen molar-refractivity contribution in [2.45, 2.75) is 17.4 Å². The summed E-state index contributed by atoms with van der Waals surface area (Å²) in [5, 5.41) is 5.77. The fourth-order valence-electron chi connectivity index (χ4n) is 2.24. The summed E-state index contributed by atoms with van der Waals surface area (Å²) in [5.41, 5.74) is 1.19. The zero-order chi connectivity index (χ0) is 13.8. The minimum atomic E-state index is -0.213. The number of nitrogens with one attached hydrogen (secondary N) is 2. The third-order valence-corrected chi connectivity index (χ3v) is 4.29. The lowest BCUT2D eigenvalue weighted by atomic mass is 10.0. The monoisotopic (exact) mass is 285 g/mol. The second-order valence-electron chi connectivity index (χ2n) is 4.54. The smallest absolute Gasteiger partial charge is 0.320 e. The van der Waals surface area contributed by atoms with Crippen LogP contribution in [0.4, 0.5) is 10.6 Å². The van der Waals surface area contributed by atoms with Gasteiger partial charge in [0.15, 0.2) is 0 Å². The van der Waals surface area contributed by atoms with E-state index in [4.69, 9.17) is 0 Å². The maximum atomic E-state index is 12.0. The number of nitrogens with zero attached hydrogens (tertiary/aromatic N) is 1. The lowest BCUT2D eigenvalue weighted by Gasteiger charge is -2.25. The van der Waals surface area contributed by atoms with Gasteiger partial charge >= 0.3 is 6.03 Å². The minimum absolute atomic E-state index is 0.0659. The second-order valence-corrected chi connectivity index (χ2v) is 5.68. The van der Waals surface area contributed by atoms with E-state index in [1.807, 2.05) is 36.0 Å². The van der Waals surface area contributed by atoms with Crippen LogP contribution in [-0.2, 0) is 0 Å². The van der Waals surface area contributed by atoms with Crippen molar-refractivity contribution in [3.63, 3.8) is 0 Å². The lowest BCUT2D eigenvalue weighted by Crippen LogP contribution is -2.34. The van der Waals surface area contributed by atoms with Gasteiger partial charge in [0.05, 0.1) is 6.04 Å². The van der Waals surface area contributed by atoms with Gasteiger partial charge in [0.1, 0.15) is 5.82 Å². The first-order chi connectivity index (χ1) is 9.83. The second kappa shape index (κ2) is 5.96. The number of amides is 2. The number of carbonyl (C=O) groups excluding carboxylic acids is 1. The average Bonchev–Trinajstić information content (AvgIpc) is 2.48. The Balaban J connectivity index is 1.68. The first-order valence-electron chi connectivity index (χ1n) is 6.53. The molecule has 0 saturated carbocycles. The minimum Gasteiger partial charge on any atom is -0.331 e. The van der Waals surface area contributed by atoms with Crippen molar-refractivity contribution in [3.8, 4) is 0 Å². The van der Waals surface area contributed by atoms with E-state index < -0.39 is 0 Å². The van der Waals surface area contributed by atoms with Crippen LogP contribution in [0.1, 0.15) is 18.0 Å². The molecule has 1 atom stereocenters. The molecule has 0 fully saturated rings. The van der Waals surface area contributed by atoms with Gasteiger partial charge < -0.3 is 5.32 Å². The van der Waals surface area contributed by atoms with Crippen LogP contribution in [0.25, 0.3) is 0 Å². The summed E-state index contributed by atoms with van der Waals surface area (Å²) in [6, 6.07) is 13.5. The van der Waals surface area contributed by atoms with Crippen molar-refractivity contribution in [1.29, 1.82) is 0 Å². The van der Waals surface area contributed by atoms with Crippen LogP contribution in [0.2, 0.25) is 0 Å². The molecule has 2 aromatic rings. The normalized spacial score (nSPS) is 17.1. The number of benzene rings is 1. The number of thioether (sulfide) groups is 1. The summed E-state index contributed by atoms with van der Waals surface area (Å²) in [6.07, 6.45) is 2.60. The molecule has 102 valence electrons. The highest BCUT2D eigenvalue weighted by Gasteiger charge is 2.21. The fraction of sp³-hybridized carbons (Fsp3) is 0.200. The molecular formula is C15H15N3OS. The predicted octanol–water partition coefficient (Wildman–Crippen LogP) is 3.44. The molecule has 5 heteroatoms. The van der Waals surface area contributed by atoms with Gasteiger partial charge in [0.2, 0.25) is 0 Å². The van der Waals surface area contributed by atoms with Crippen molar-refractivity contribution in [2.24, 2.45) is 0 Å². The summed E-state index contributed by atoms with van der Waals surface area (Å²) >= 11 is 1.84. The molecule has 2 heterocycles. The van der Waals surface area contributed by atoms with Crippen LogP contribution >= 0.6 is 11.8 Å². The van der Waals surface area contributed by atoms with E-state index in [2.05, 4.69) is 27.8 Å². The van der Waals surface area contributed by atoms with Gasteiger partial charge in [-0.1, -0.05) is 24.3 Å². The van der Waals surface area contributed by atoms with Crippen molar-refractivity contribution >= 4 is 23.6 Å². The summed E-state index contributed by atoms with van der Waals surface area (Å²) in [5.74, 6) is 1.58. The Bertz CT molecular complexity index is 603. The summed E-state index contributed by atoms with van der Waals surface area (Å²) in [4.78, 5) is 17.4. The first kappa shape index (κ1) is 13.0. The molecule has 2 amide bonds. The Morgan fingerprint density at radius 3 is 2.90 bits per heavy atom. The number of pyridine rings is 1. The highest BCUT2D eigenvalue weighted by Crippen LogP contribution is 2.35. The van der Waals surface area contributed by atoms with Crippen molar-refractivity contribution in [1.82, 2.24) is 10.3 Å². The van der Waals surface area contributed by atoms with Gasteiger partial charge in [-0.2, -0.15) is 0 Å². The topological polar surface area (TPSA) is 54.0 Å². The summed E-state index contributed by atoms with van der Waals surface area (Å²) < 4.78 is 0. The largest absolute Gasteiger partial charge is 0.331 e. The number of rotatable bonds is 2. The van der Waals surface area contributed by atoms with Crippen LogP contribution in [0.15, 0.2) is 53.6 Å². The molecule has 0 unspecified atom stereocenters. The first-order valence-corrected chi connectivity index (χ1v) is 7.52. The number of urea groups is 1. The van der Waals surface area contributed by atoms with E-state index in [-0.39, 0.29) is 12.1 Å². The quantitative estimate of drug-likeness (QED) is 0.888. The molecule has 2 N–H and O–H groups in total. The van der Waals surface area contributed by atoms with Crippen LogP contribution in [0.5, 0.6) is 0 Å². The molecule has 1 aliphatic rings. The Labute approximate surface area is 122 Å². The SMILES string of the molecule is O=C(Nc1ccccn1)N[C@H]1CCSc2ccccc21. The highest BCUT2D eigenvalue weighted by atomic mass is 32.2. The van der Waals surface area contributed by atoms with E-state index in [1.165, 1.54) is 10.5 Å². The molecular weight excluding hydrogens is 270 g/mol. The Morgan fingerprint density at radius 2 is 2.05 bits per heavy atom. The number of anilines is 1. The van der Waals surface area contributed by atoms with E-state index in [9.17, 15) is 4.79 Å². The van der Waals surface area contributed by atoms with Gasteiger partial charge in [-0.05, 0) is 30.2 Å². The Kier molecular flexibility index (Phi) is 3.87. The molecule has 20 heavy (non-hydrogen) atoms. The van der Waals surface area contributed by atoms with Gasteiger partial charge in [-0.25, -0.2) is 9.78 Å². The average molecular weight is 285 g/mol. The van der Waals surface area contributed by atoms with E-state index >= 15 is 0 Å². The van der Waals surface area contributed by atoms with E-state index in [0.717, 1.165) is 12.2 Å². The number of hydrogen-bond donors (Lipinski definition) is 2. The summed E-state index contributed by atoms with van der Waals surface area (Å²) in [6.45, 7) is 0. The molecule has 4 nitrogen and oxygen atoms in total. The zero-order valence-corrected chi connectivity index (χ0v) is 11.7. The van der Waals surface area contributed by atoms with Gasteiger partial charge in [-0.3, -0.25) is 5.32 Å². The van der Waals surface area contributed by atoms with Gasteiger partial charge in [0, 0.05) is 16.8 Å². The van der Waals surface area contributed by atoms with Crippen LogP contribution in [-0.4, -0.2) is 16.8 Å². The maximum Gasteiger partial charge on any atom is 0.320 e. The molecule has 1 aromatic carbocycles. The molecule has 0 radical (unpaired) electrons. The van der Waals surface area contributed by atoms with Crippen LogP contribution in [0.3, 0.4) is 0 Å². The van der Waals surface area contributed by atoms with Gasteiger partial charge in [0.25, 0.3) is 0 Å². The van der Waals surface area contributed by atoms with Crippen molar-refractivity contribution < 1.29 is 4.79 Å². The predicted molar refractivity (Wildman–Crippen MR) is 80.9 cm³/mol. The zero-order valence-electron chi connectivity index (χ0n) is 10.9. The highest BCUT2D eigenvalue weighted by molar-refractivity contribution is 7.99. The van der Waals surface area contributed by atoms with E-state index in [1.54, 1.807) is 12.3 Å². The molecule has 0 spiro atoms. The number of carbonyl (C=O) groups is 1. The number of fused-ring (bicyclic) bond motifs is 1. The maximum absolute atomic E-state index is 12.0. The van der Waals surface area contributed by atoms with Crippen LogP contribution < -0.4 is 10.6 Å². The molecule has 0 saturated heterocycles. The molecule has 0 aliphatic carbocycles.